The van der Waals surface area contributed by atoms with Crippen molar-refractivity contribution in [3.63, 3.8) is 0 Å². The van der Waals surface area contributed by atoms with Crippen molar-refractivity contribution in [2.24, 2.45) is 0 Å². The number of aryl methyl sites for hydroxylation is 1. The van der Waals surface area contributed by atoms with Gasteiger partial charge in [0, 0.05) is 33.0 Å². The van der Waals surface area contributed by atoms with Crippen LogP contribution in [-0.2, 0) is 0 Å². The Morgan fingerprint density at radius 3 is 1.80 bits per heavy atom. The van der Waals surface area contributed by atoms with Gasteiger partial charge in [0.2, 0.25) is 5.95 Å². The largest absolute Gasteiger partial charge is 0.289 e. The van der Waals surface area contributed by atoms with Crippen molar-refractivity contribution >= 4 is 27.6 Å². The van der Waals surface area contributed by atoms with Crippen molar-refractivity contribution in [3.8, 4) is 39.9 Å². The fraction of sp³-hybridized carbons (Fsp3) is 0.0909. The van der Waals surface area contributed by atoms with Crippen LogP contribution in [0.3, 0.4) is 0 Å². The first-order valence-corrected chi connectivity index (χ1v) is 16.6. The molecule has 5 heteroatoms. The number of nitrogens with zero attached hydrogens (tertiary/aromatic N) is 4. The van der Waals surface area contributed by atoms with E-state index in [0.29, 0.717) is 34.6 Å². The molecule has 6 aromatic carbocycles. The Morgan fingerprint density at radius 1 is 0.571 bits per heavy atom. The van der Waals surface area contributed by atoms with E-state index in [9.17, 15) is 4.79 Å². The second kappa shape index (κ2) is 12.4. The van der Waals surface area contributed by atoms with Gasteiger partial charge in [0.1, 0.15) is 0 Å². The zero-order valence-electron chi connectivity index (χ0n) is 27.6. The molecule has 49 heavy (non-hydrogen) atoms. The predicted molar refractivity (Wildman–Crippen MR) is 199 cm³/mol. The number of benzene rings is 6. The topological polar surface area (TPSA) is 60.7 Å². The Morgan fingerprint density at radius 2 is 1.16 bits per heavy atom. The van der Waals surface area contributed by atoms with Gasteiger partial charge in [-0.3, -0.25) is 9.36 Å². The Balaban J connectivity index is 1.45. The van der Waals surface area contributed by atoms with Gasteiger partial charge in [-0.2, -0.15) is 9.97 Å². The third-order valence-electron chi connectivity index (χ3n) is 9.24. The molecule has 0 aliphatic heterocycles. The Kier molecular flexibility index (Phi) is 7.65. The highest BCUT2D eigenvalue weighted by Gasteiger charge is 2.23. The lowest BCUT2D eigenvalue weighted by Gasteiger charge is -2.17. The van der Waals surface area contributed by atoms with E-state index >= 15 is 0 Å². The summed E-state index contributed by atoms with van der Waals surface area (Å²) in [7, 11) is 0. The molecule has 0 bridgehead atoms. The highest BCUT2D eigenvalue weighted by atomic mass is 16.1. The van der Waals surface area contributed by atoms with Crippen LogP contribution in [-0.4, -0.2) is 25.3 Å². The van der Waals surface area contributed by atoms with Crippen LogP contribution in [0.25, 0.3) is 61.7 Å². The highest BCUT2D eigenvalue weighted by molar-refractivity contribution is 6.16. The van der Waals surface area contributed by atoms with Crippen molar-refractivity contribution in [3.05, 3.63) is 168 Å². The summed E-state index contributed by atoms with van der Waals surface area (Å²) in [6.07, 6.45) is 0. The van der Waals surface area contributed by atoms with Gasteiger partial charge >= 0.3 is 0 Å². The quantitative estimate of drug-likeness (QED) is 0.164. The van der Waals surface area contributed by atoms with Gasteiger partial charge in [-0.05, 0) is 53.3 Å². The fourth-order valence-corrected chi connectivity index (χ4v) is 6.81. The molecule has 8 rings (SSSR count). The van der Waals surface area contributed by atoms with E-state index in [1.165, 1.54) is 11.1 Å². The molecule has 0 unspecified atom stereocenters. The first-order chi connectivity index (χ1) is 24.0. The second-order valence-electron chi connectivity index (χ2n) is 12.7. The molecule has 0 radical (unpaired) electrons. The van der Waals surface area contributed by atoms with E-state index < -0.39 is 0 Å². The van der Waals surface area contributed by atoms with E-state index in [-0.39, 0.29) is 5.78 Å². The van der Waals surface area contributed by atoms with Gasteiger partial charge in [-0.1, -0.05) is 141 Å². The summed E-state index contributed by atoms with van der Waals surface area (Å²) in [5.41, 5.74) is 9.79. The van der Waals surface area contributed by atoms with Crippen LogP contribution in [0.1, 0.15) is 46.8 Å². The molecule has 2 heterocycles. The number of aromatic nitrogens is 4. The molecular formula is C44H34N4O. The van der Waals surface area contributed by atoms with Crippen LogP contribution in [0.15, 0.2) is 146 Å². The molecule has 0 spiro atoms. The summed E-state index contributed by atoms with van der Waals surface area (Å²) in [6.45, 7) is 6.64. The fourth-order valence-electron chi connectivity index (χ4n) is 6.81. The number of hydrogen-bond acceptors (Lipinski definition) is 4. The lowest BCUT2D eigenvalue weighted by Crippen LogP contribution is -2.07. The third kappa shape index (κ3) is 5.39. The monoisotopic (exact) mass is 634 g/mol. The molecule has 0 saturated carbocycles. The maximum Gasteiger partial charge on any atom is 0.238 e. The number of carbonyl (C=O) groups is 1. The average molecular weight is 635 g/mol. The van der Waals surface area contributed by atoms with E-state index in [0.717, 1.165) is 44.1 Å². The number of fused-ring (bicyclic) bond motifs is 3. The van der Waals surface area contributed by atoms with Gasteiger partial charge in [-0.15, -0.1) is 0 Å². The minimum absolute atomic E-state index is 0.0134. The maximum atomic E-state index is 13.7. The standard InChI is InChI=1S/C44H34N4O/c1-28(2)34-21-13-14-22-36(34)35-24-25-37-38-27-33(41(49)30-15-7-4-8-16-30)23-26-39(38)48(40(37)29(35)3)44-46-42(31-17-9-5-10-18-31)45-43(47-44)32-19-11-6-12-20-32/h4-28H,1-3H3. The summed E-state index contributed by atoms with van der Waals surface area (Å²) < 4.78 is 2.15. The van der Waals surface area contributed by atoms with E-state index in [4.69, 9.17) is 15.0 Å². The molecule has 0 saturated heterocycles. The van der Waals surface area contributed by atoms with Crippen molar-refractivity contribution < 1.29 is 4.79 Å². The zero-order chi connectivity index (χ0) is 33.5. The summed E-state index contributed by atoms with van der Waals surface area (Å²) >= 11 is 0. The lowest BCUT2D eigenvalue weighted by atomic mass is 9.89. The summed E-state index contributed by atoms with van der Waals surface area (Å²) in [6, 6.07) is 48.5. The normalized spacial score (nSPS) is 11.4. The van der Waals surface area contributed by atoms with Gasteiger partial charge < -0.3 is 0 Å². The molecule has 236 valence electrons. The van der Waals surface area contributed by atoms with E-state index in [1.807, 2.05) is 109 Å². The predicted octanol–water partition coefficient (Wildman–Crippen LogP) is 10.6. The van der Waals surface area contributed by atoms with Crippen LogP contribution < -0.4 is 0 Å². The van der Waals surface area contributed by atoms with Gasteiger partial charge in [-0.25, -0.2) is 4.98 Å². The first kappa shape index (κ1) is 30.2. The maximum absolute atomic E-state index is 13.7. The summed E-state index contributed by atoms with van der Waals surface area (Å²) in [5.74, 6) is 2.05. The molecule has 0 aliphatic rings. The molecule has 0 fully saturated rings. The van der Waals surface area contributed by atoms with E-state index in [2.05, 4.69) is 61.7 Å². The van der Waals surface area contributed by atoms with Crippen LogP contribution in [0.5, 0.6) is 0 Å². The van der Waals surface area contributed by atoms with Gasteiger partial charge in [0.05, 0.1) is 11.0 Å². The van der Waals surface area contributed by atoms with Crippen molar-refractivity contribution in [1.29, 1.82) is 0 Å². The minimum Gasteiger partial charge on any atom is -0.289 e. The van der Waals surface area contributed by atoms with Crippen molar-refractivity contribution in [2.75, 3.05) is 0 Å². The minimum atomic E-state index is -0.0134. The smallest absolute Gasteiger partial charge is 0.238 e. The van der Waals surface area contributed by atoms with Crippen LogP contribution in [0, 0.1) is 6.92 Å². The molecular weight excluding hydrogens is 601 g/mol. The van der Waals surface area contributed by atoms with Crippen LogP contribution in [0.4, 0.5) is 0 Å². The Bertz CT molecular complexity index is 2430. The summed E-state index contributed by atoms with van der Waals surface area (Å²) in [5, 5.41) is 2.00. The van der Waals surface area contributed by atoms with Gasteiger partial charge in [0.25, 0.3) is 0 Å². The average Bonchev–Trinajstić information content (AvgIpc) is 3.50. The Labute approximate surface area is 285 Å². The number of ketones is 1. The van der Waals surface area contributed by atoms with Crippen molar-refractivity contribution in [2.45, 2.75) is 26.7 Å². The molecule has 2 aromatic heterocycles. The lowest BCUT2D eigenvalue weighted by molar-refractivity contribution is 0.103. The van der Waals surface area contributed by atoms with Crippen LogP contribution >= 0.6 is 0 Å². The highest BCUT2D eigenvalue weighted by Crippen LogP contribution is 2.40. The number of hydrogen-bond donors (Lipinski definition) is 0. The van der Waals surface area contributed by atoms with Crippen molar-refractivity contribution in [1.82, 2.24) is 19.5 Å². The molecule has 0 N–H and O–H groups in total. The molecule has 5 nitrogen and oxygen atoms in total. The van der Waals surface area contributed by atoms with E-state index in [1.54, 1.807) is 0 Å². The third-order valence-corrected chi connectivity index (χ3v) is 9.24. The van der Waals surface area contributed by atoms with Gasteiger partial charge in [0.15, 0.2) is 17.4 Å². The molecule has 0 atom stereocenters. The first-order valence-electron chi connectivity index (χ1n) is 16.6. The number of carbonyl (C=O) groups excluding carboxylic acids is 1. The van der Waals surface area contributed by atoms with Crippen LogP contribution in [0.2, 0.25) is 0 Å². The summed E-state index contributed by atoms with van der Waals surface area (Å²) in [4.78, 5) is 28.9. The second-order valence-corrected chi connectivity index (χ2v) is 12.7. The molecule has 0 aliphatic carbocycles. The zero-order valence-corrected chi connectivity index (χ0v) is 27.6. The Hall–Kier alpha value is -6.20. The number of rotatable bonds is 7. The SMILES string of the molecule is Cc1c(-c2ccccc2C(C)C)ccc2c3cc(C(=O)c4ccccc4)ccc3n(-c3nc(-c4ccccc4)nc(-c4ccccc4)n3)c12. The molecule has 8 aromatic rings. The molecule has 0 amide bonds.